The van der Waals surface area contributed by atoms with Crippen LogP contribution >= 0.6 is 24.0 Å². The van der Waals surface area contributed by atoms with Gasteiger partial charge in [0, 0.05) is 38.4 Å². The van der Waals surface area contributed by atoms with Gasteiger partial charge in [-0.1, -0.05) is 32.1 Å². The number of hydrogen-bond donors (Lipinski definition) is 1. The third-order valence-corrected chi connectivity index (χ3v) is 5.52. The van der Waals surface area contributed by atoms with Gasteiger partial charge in [-0.25, -0.2) is 0 Å². The molecule has 1 aliphatic heterocycles. The van der Waals surface area contributed by atoms with Crippen LogP contribution in [0.5, 0.6) is 0 Å². The highest BCUT2D eigenvalue weighted by Crippen LogP contribution is 2.24. The van der Waals surface area contributed by atoms with E-state index in [4.69, 9.17) is 9.73 Å². The summed E-state index contributed by atoms with van der Waals surface area (Å²) in [5.74, 6) is 1.80. The van der Waals surface area contributed by atoms with Gasteiger partial charge in [-0.2, -0.15) is 5.10 Å². The minimum atomic E-state index is 0. The van der Waals surface area contributed by atoms with Gasteiger partial charge in [-0.15, -0.1) is 24.0 Å². The third-order valence-electron chi connectivity index (χ3n) is 5.52. The fraction of sp³-hybridized carbons (Fsp3) is 0.800. The van der Waals surface area contributed by atoms with Crippen LogP contribution in [0.25, 0.3) is 0 Å². The lowest BCUT2D eigenvalue weighted by molar-refractivity contribution is -0.00806. The van der Waals surface area contributed by atoms with Gasteiger partial charge < -0.3 is 15.0 Å². The number of aliphatic imine (C=N–C) groups is 1. The predicted octanol–water partition coefficient (Wildman–Crippen LogP) is 3.74. The van der Waals surface area contributed by atoms with E-state index in [0.29, 0.717) is 0 Å². The van der Waals surface area contributed by atoms with Crippen molar-refractivity contribution in [2.45, 2.75) is 58.0 Å². The van der Waals surface area contributed by atoms with Crippen LogP contribution in [0, 0.1) is 5.92 Å². The number of nitrogens with zero attached hydrogens (tertiary/aromatic N) is 4. The molecule has 27 heavy (non-hydrogen) atoms. The lowest BCUT2D eigenvalue weighted by Gasteiger charge is -2.35. The lowest BCUT2D eigenvalue weighted by atomic mass is 9.91. The predicted molar refractivity (Wildman–Crippen MR) is 121 cm³/mol. The summed E-state index contributed by atoms with van der Waals surface area (Å²) in [4.78, 5) is 7.38. The Morgan fingerprint density at radius 1 is 1.26 bits per heavy atom. The molecule has 0 radical (unpaired) electrons. The molecule has 1 saturated carbocycles. The maximum absolute atomic E-state index is 5.98. The van der Waals surface area contributed by atoms with Crippen molar-refractivity contribution in [2.75, 3.05) is 32.8 Å². The molecule has 3 rings (SSSR count). The molecule has 0 amide bonds. The van der Waals surface area contributed by atoms with Crippen LogP contribution in [0.4, 0.5) is 0 Å². The Bertz CT molecular complexity index is 568. The van der Waals surface area contributed by atoms with Gasteiger partial charge in [-0.05, 0) is 25.7 Å². The summed E-state index contributed by atoms with van der Waals surface area (Å²) in [6, 6.07) is 0. The Labute approximate surface area is 181 Å². The SMILES string of the molecule is CCNC(=NCC1CCCCCCC1)N1CCOC(c2cnn(C)c2)C1.I. The van der Waals surface area contributed by atoms with Crippen LogP contribution in [0.1, 0.15) is 63.5 Å². The van der Waals surface area contributed by atoms with Gasteiger partial charge in [-0.3, -0.25) is 9.67 Å². The second-order valence-electron chi connectivity index (χ2n) is 7.66. The molecule has 1 saturated heterocycles. The summed E-state index contributed by atoms with van der Waals surface area (Å²) in [6.07, 6.45) is 13.7. The molecule has 0 aromatic carbocycles. The van der Waals surface area contributed by atoms with Crippen molar-refractivity contribution in [1.29, 1.82) is 0 Å². The van der Waals surface area contributed by atoms with E-state index in [-0.39, 0.29) is 30.1 Å². The molecule has 6 nitrogen and oxygen atoms in total. The Kier molecular flexibility index (Phi) is 9.89. The number of morpholine rings is 1. The van der Waals surface area contributed by atoms with Crippen LogP contribution in [0.3, 0.4) is 0 Å². The number of guanidine groups is 1. The number of halogens is 1. The molecule has 1 aliphatic carbocycles. The third kappa shape index (κ3) is 6.93. The van der Waals surface area contributed by atoms with Crippen LogP contribution in [0.2, 0.25) is 0 Å². The number of aromatic nitrogens is 2. The van der Waals surface area contributed by atoms with E-state index in [0.717, 1.165) is 50.2 Å². The quantitative estimate of drug-likeness (QED) is 0.398. The van der Waals surface area contributed by atoms with Crippen LogP contribution in [-0.2, 0) is 11.8 Å². The monoisotopic (exact) mass is 489 g/mol. The number of rotatable bonds is 4. The Hall–Kier alpha value is -0.830. The zero-order valence-electron chi connectivity index (χ0n) is 16.9. The van der Waals surface area contributed by atoms with Crippen LogP contribution in [-0.4, -0.2) is 53.4 Å². The maximum Gasteiger partial charge on any atom is 0.194 e. The van der Waals surface area contributed by atoms with Gasteiger partial charge in [0.25, 0.3) is 0 Å². The van der Waals surface area contributed by atoms with E-state index in [9.17, 15) is 0 Å². The highest BCUT2D eigenvalue weighted by molar-refractivity contribution is 14.0. The average Bonchev–Trinajstić information content (AvgIpc) is 3.06. The first-order valence-electron chi connectivity index (χ1n) is 10.4. The summed E-state index contributed by atoms with van der Waals surface area (Å²) < 4.78 is 7.82. The number of hydrogen-bond acceptors (Lipinski definition) is 3. The molecule has 0 spiro atoms. The molecule has 7 heteroatoms. The zero-order valence-corrected chi connectivity index (χ0v) is 19.2. The topological polar surface area (TPSA) is 54.7 Å². The average molecular weight is 489 g/mol. The lowest BCUT2D eigenvalue weighted by Crippen LogP contribution is -2.48. The van der Waals surface area contributed by atoms with Crippen molar-refractivity contribution in [2.24, 2.45) is 18.0 Å². The standard InChI is InChI=1S/C20H35N5O.HI/c1-3-21-20(22-13-17-9-7-5-4-6-8-10-17)25-11-12-26-19(16-25)18-14-23-24(2)15-18;/h14-15,17,19H,3-13,16H2,1-2H3,(H,21,22);1H. The van der Waals surface area contributed by atoms with Gasteiger partial charge in [0.2, 0.25) is 0 Å². The van der Waals surface area contributed by atoms with E-state index in [1.807, 2.05) is 24.1 Å². The minimum Gasteiger partial charge on any atom is -0.370 e. The highest BCUT2D eigenvalue weighted by Gasteiger charge is 2.25. The van der Waals surface area contributed by atoms with Crippen molar-refractivity contribution in [1.82, 2.24) is 20.0 Å². The van der Waals surface area contributed by atoms with Gasteiger partial charge in [0.05, 0.1) is 19.3 Å². The molecule has 1 aromatic rings. The van der Waals surface area contributed by atoms with E-state index in [1.165, 1.54) is 44.9 Å². The van der Waals surface area contributed by atoms with Crippen molar-refractivity contribution in [3.8, 4) is 0 Å². The van der Waals surface area contributed by atoms with E-state index >= 15 is 0 Å². The van der Waals surface area contributed by atoms with Crippen molar-refractivity contribution >= 4 is 29.9 Å². The van der Waals surface area contributed by atoms with E-state index < -0.39 is 0 Å². The second-order valence-corrected chi connectivity index (χ2v) is 7.66. The fourth-order valence-electron chi connectivity index (χ4n) is 4.01. The molecule has 2 heterocycles. The Morgan fingerprint density at radius 2 is 2.00 bits per heavy atom. The molecular weight excluding hydrogens is 453 g/mol. The Morgan fingerprint density at radius 3 is 2.67 bits per heavy atom. The van der Waals surface area contributed by atoms with Gasteiger partial charge >= 0.3 is 0 Å². The molecular formula is C20H36IN5O. The molecule has 0 bridgehead atoms. The van der Waals surface area contributed by atoms with Crippen molar-refractivity contribution in [3.63, 3.8) is 0 Å². The number of ether oxygens (including phenoxy) is 1. The first kappa shape index (κ1) is 22.5. The van der Waals surface area contributed by atoms with Gasteiger partial charge in [0.15, 0.2) is 5.96 Å². The highest BCUT2D eigenvalue weighted by atomic mass is 127. The van der Waals surface area contributed by atoms with Crippen molar-refractivity contribution < 1.29 is 4.74 Å². The molecule has 2 aliphatic rings. The molecule has 1 atom stereocenters. The summed E-state index contributed by atoms with van der Waals surface area (Å²) in [7, 11) is 1.95. The summed E-state index contributed by atoms with van der Waals surface area (Å²) in [5, 5.41) is 7.78. The van der Waals surface area contributed by atoms with E-state index in [1.54, 1.807) is 0 Å². The minimum absolute atomic E-state index is 0. The summed E-state index contributed by atoms with van der Waals surface area (Å²) in [5.41, 5.74) is 1.15. The van der Waals surface area contributed by atoms with Gasteiger partial charge in [0.1, 0.15) is 6.10 Å². The molecule has 1 N–H and O–H groups in total. The number of nitrogens with one attached hydrogen (secondary N) is 1. The first-order valence-corrected chi connectivity index (χ1v) is 10.4. The number of aryl methyl sites for hydroxylation is 1. The first-order chi connectivity index (χ1) is 12.8. The molecule has 1 unspecified atom stereocenters. The van der Waals surface area contributed by atoms with Crippen LogP contribution < -0.4 is 5.32 Å². The van der Waals surface area contributed by atoms with E-state index in [2.05, 4.69) is 22.2 Å². The van der Waals surface area contributed by atoms with Crippen molar-refractivity contribution in [3.05, 3.63) is 18.0 Å². The second kappa shape index (κ2) is 11.9. The Balaban J connectivity index is 0.00000261. The molecule has 1 aromatic heterocycles. The maximum atomic E-state index is 5.98. The molecule has 154 valence electrons. The van der Waals surface area contributed by atoms with Crippen LogP contribution in [0.15, 0.2) is 17.4 Å². The summed E-state index contributed by atoms with van der Waals surface area (Å²) in [6.45, 7) is 6.46. The smallest absolute Gasteiger partial charge is 0.194 e. The zero-order chi connectivity index (χ0) is 18.2. The normalized spacial score (nSPS) is 22.7. The summed E-state index contributed by atoms with van der Waals surface area (Å²) >= 11 is 0. The molecule has 2 fully saturated rings. The fourth-order valence-corrected chi connectivity index (χ4v) is 4.01. The largest absolute Gasteiger partial charge is 0.370 e.